The molecule has 0 aliphatic heterocycles. The second-order valence-electron chi connectivity index (χ2n) is 6.07. The SMILES string of the molecule is Cc1ccc(S(=O)(=O)Nc2ccc3sccc3c2)c(C(=O)C[N+](=O)[O-])c1C. The molecule has 9 heteroatoms. The summed E-state index contributed by atoms with van der Waals surface area (Å²) in [5.74, 6) is -0.838. The zero-order valence-electron chi connectivity index (χ0n) is 14.6. The molecule has 0 radical (unpaired) electrons. The van der Waals surface area contributed by atoms with Crippen molar-refractivity contribution in [1.82, 2.24) is 0 Å². The maximum Gasteiger partial charge on any atom is 0.265 e. The van der Waals surface area contributed by atoms with Crippen molar-refractivity contribution < 1.29 is 18.1 Å². The molecule has 2 aromatic carbocycles. The lowest BCUT2D eigenvalue weighted by molar-refractivity contribution is -0.465. The maximum atomic E-state index is 12.9. The van der Waals surface area contributed by atoms with Gasteiger partial charge in [0.2, 0.25) is 5.78 Å². The van der Waals surface area contributed by atoms with E-state index >= 15 is 0 Å². The normalized spacial score (nSPS) is 11.5. The number of nitrogens with one attached hydrogen (secondary N) is 1. The number of thiophene rings is 1. The van der Waals surface area contributed by atoms with Gasteiger partial charge in [0.05, 0.1) is 4.90 Å². The third-order valence-electron chi connectivity index (χ3n) is 4.24. The number of carbonyl (C=O) groups excluding carboxylic acids is 1. The standard InChI is InChI=1S/C18H16N2O5S2/c1-11-3-6-17(18(12(11)2)15(21)10-20(22)23)27(24,25)19-14-4-5-16-13(9-14)7-8-26-16/h3-9,19H,10H2,1-2H3. The van der Waals surface area contributed by atoms with Crippen LogP contribution in [0, 0.1) is 24.0 Å². The van der Waals surface area contributed by atoms with E-state index < -0.39 is 27.3 Å². The number of aryl methyl sites for hydroxylation is 1. The molecule has 0 aliphatic rings. The Kier molecular flexibility index (Phi) is 4.99. The van der Waals surface area contributed by atoms with E-state index in [2.05, 4.69) is 4.72 Å². The average Bonchev–Trinajstić information content (AvgIpc) is 3.03. The number of ketones is 1. The number of sulfonamides is 1. The molecule has 0 fully saturated rings. The number of hydrogen-bond donors (Lipinski definition) is 1. The molecule has 0 bridgehead atoms. The topological polar surface area (TPSA) is 106 Å². The lowest BCUT2D eigenvalue weighted by atomic mass is 10.00. The van der Waals surface area contributed by atoms with E-state index in [9.17, 15) is 23.3 Å². The van der Waals surface area contributed by atoms with E-state index in [-0.39, 0.29) is 10.5 Å². The first-order valence-electron chi connectivity index (χ1n) is 7.94. The molecular weight excluding hydrogens is 388 g/mol. The van der Waals surface area contributed by atoms with Gasteiger partial charge in [-0.05, 0) is 66.1 Å². The molecule has 3 rings (SSSR count). The smallest absolute Gasteiger partial charge is 0.265 e. The number of Topliss-reactive ketones (excluding diaryl/α,β-unsaturated/α-hetero) is 1. The second-order valence-corrected chi connectivity index (χ2v) is 8.67. The third kappa shape index (κ3) is 3.83. The zero-order valence-corrected chi connectivity index (χ0v) is 16.2. The van der Waals surface area contributed by atoms with Crippen LogP contribution < -0.4 is 4.72 Å². The summed E-state index contributed by atoms with van der Waals surface area (Å²) in [5.41, 5.74) is 1.31. The van der Waals surface area contributed by atoms with Crippen LogP contribution in [0.15, 0.2) is 46.7 Å². The molecule has 3 aromatic rings. The molecule has 27 heavy (non-hydrogen) atoms. The highest BCUT2D eigenvalue weighted by Gasteiger charge is 2.27. The largest absolute Gasteiger partial charge is 0.287 e. The molecule has 1 heterocycles. The van der Waals surface area contributed by atoms with Crippen LogP contribution in [0.4, 0.5) is 5.69 Å². The summed E-state index contributed by atoms with van der Waals surface area (Å²) in [7, 11) is -4.11. The monoisotopic (exact) mass is 404 g/mol. The maximum absolute atomic E-state index is 12.9. The van der Waals surface area contributed by atoms with Gasteiger partial charge in [0.25, 0.3) is 16.6 Å². The molecular formula is C18H16N2O5S2. The van der Waals surface area contributed by atoms with Gasteiger partial charge in [-0.2, -0.15) is 0 Å². The van der Waals surface area contributed by atoms with Gasteiger partial charge in [-0.1, -0.05) is 6.07 Å². The molecule has 1 aromatic heterocycles. The molecule has 0 amide bonds. The Morgan fingerprint density at radius 2 is 1.93 bits per heavy atom. The van der Waals surface area contributed by atoms with Gasteiger partial charge < -0.3 is 0 Å². The van der Waals surface area contributed by atoms with Crippen molar-refractivity contribution in [3.05, 3.63) is 68.6 Å². The highest BCUT2D eigenvalue weighted by Crippen LogP contribution is 2.28. The van der Waals surface area contributed by atoms with Crippen LogP contribution >= 0.6 is 11.3 Å². The number of hydrogen-bond acceptors (Lipinski definition) is 6. The quantitative estimate of drug-likeness (QED) is 0.382. The van der Waals surface area contributed by atoms with Crippen molar-refractivity contribution in [3.63, 3.8) is 0 Å². The first kappa shape index (κ1) is 19.0. The minimum Gasteiger partial charge on any atom is -0.287 e. The first-order valence-corrected chi connectivity index (χ1v) is 10.3. The van der Waals surface area contributed by atoms with Crippen LogP contribution in [0.5, 0.6) is 0 Å². The summed E-state index contributed by atoms with van der Waals surface area (Å²) in [6, 6.07) is 9.89. The predicted molar refractivity (Wildman–Crippen MR) is 105 cm³/mol. The number of benzene rings is 2. The van der Waals surface area contributed by atoms with Crippen LogP contribution in [-0.2, 0) is 10.0 Å². The number of fused-ring (bicyclic) bond motifs is 1. The molecule has 0 saturated carbocycles. The van der Waals surface area contributed by atoms with Gasteiger partial charge in [-0.15, -0.1) is 11.3 Å². The van der Waals surface area contributed by atoms with Crippen molar-refractivity contribution >= 4 is 42.9 Å². The molecule has 0 aliphatic carbocycles. The van der Waals surface area contributed by atoms with Crippen LogP contribution in [0.1, 0.15) is 21.5 Å². The Morgan fingerprint density at radius 3 is 2.63 bits per heavy atom. The van der Waals surface area contributed by atoms with Gasteiger partial charge >= 0.3 is 0 Å². The fraction of sp³-hybridized carbons (Fsp3) is 0.167. The van der Waals surface area contributed by atoms with E-state index in [1.807, 2.05) is 11.4 Å². The first-order chi connectivity index (χ1) is 12.7. The van der Waals surface area contributed by atoms with Crippen LogP contribution in [-0.4, -0.2) is 25.7 Å². The summed E-state index contributed by atoms with van der Waals surface area (Å²) in [6.07, 6.45) is 0. The minimum absolute atomic E-state index is 0.143. The lowest BCUT2D eigenvalue weighted by Gasteiger charge is -2.14. The van der Waals surface area contributed by atoms with Crippen molar-refractivity contribution in [2.45, 2.75) is 18.7 Å². The number of nitrogens with zero attached hydrogens (tertiary/aromatic N) is 1. The van der Waals surface area contributed by atoms with E-state index in [0.717, 1.165) is 10.1 Å². The fourth-order valence-corrected chi connectivity index (χ4v) is 4.90. The van der Waals surface area contributed by atoms with E-state index in [4.69, 9.17) is 0 Å². The number of anilines is 1. The number of nitro groups is 1. The Hall–Kier alpha value is -2.78. The van der Waals surface area contributed by atoms with E-state index in [1.54, 1.807) is 49.4 Å². The highest BCUT2D eigenvalue weighted by atomic mass is 32.2. The predicted octanol–water partition coefficient (Wildman–Crippen LogP) is 3.78. The van der Waals surface area contributed by atoms with E-state index in [1.165, 1.54) is 6.07 Å². The molecule has 7 nitrogen and oxygen atoms in total. The summed E-state index contributed by atoms with van der Waals surface area (Å²) in [4.78, 5) is 22.1. The van der Waals surface area contributed by atoms with E-state index in [0.29, 0.717) is 16.8 Å². The lowest BCUT2D eigenvalue weighted by Crippen LogP contribution is -2.22. The molecule has 1 N–H and O–H groups in total. The molecule has 0 unspecified atom stereocenters. The Labute approximate surface area is 159 Å². The minimum atomic E-state index is -4.11. The third-order valence-corrected chi connectivity index (χ3v) is 6.56. The van der Waals surface area contributed by atoms with Crippen molar-refractivity contribution in [2.75, 3.05) is 11.3 Å². The second kappa shape index (κ2) is 7.09. The number of carbonyl (C=O) groups is 1. The fourth-order valence-electron chi connectivity index (χ4n) is 2.80. The van der Waals surface area contributed by atoms with Gasteiger partial charge in [-0.3, -0.25) is 19.6 Å². The zero-order chi connectivity index (χ0) is 19.8. The number of rotatable bonds is 6. The van der Waals surface area contributed by atoms with Gasteiger partial charge in [0.1, 0.15) is 0 Å². The molecule has 0 atom stereocenters. The summed E-state index contributed by atoms with van der Waals surface area (Å²) in [5, 5.41) is 13.5. The Bertz CT molecular complexity index is 1170. The molecule has 0 spiro atoms. The van der Waals surface area contributed by atoms with Crippen molar-refractivity contribution in [3.8, 4) is 0 Å². The van der Waals surface area contributed by atoms with Gasteiger partial charge in [0, 0.05) is 20.9 Å². The highest BCUT2D eigenvalue weighted by molar-refractivity contribution is 7.92. The summed E-state index contributed by atoms with van der Waals surface area (Å²) < 4.78 is 29.3. The van der Waals surface area contributed by atoms with Gasteiger partial charge in [0.15, 0.2) is 0 Å². The van der Waals surface area contributed by atoms with Crippen molar-refractivity contribution in [1.29, 1.82) is 0 Å². The summed E-state index contributed by atoms with van der Waals surface area (Å²) >= 11 is 1.54. The van der Waals surface area contributed by atoms with Crippen LogP contribution in [0.3, 0.4) is 0 Å². The van der Waals surface area contributed by atoms with Gasteiger partial charge in [-0.25, -0.2) is 8.42 Å². The Balaban J connectivity index is 2.06. The molecule has 0 saturated heterocycles. The van der Waals surface area contributed by atoms with Crippen molar-refractivity contribution in [2.24, 2.45) is 0 Å². The van der Waals surface area contributed by atoms with Crippen LogP contribution in [0.25, 0.3) is 10.1 Å². The summed E-state index contributed by atoms with van der Waals surface area (Å²) in [6.45, 7) is 2.33. The molecule has 140 valence electrons. The Morgan fingerprint density at radius 1 is 1.19 bits per heavy atom. The average molecular weight is 404 g/mol. The van der Waals surface area contributed by atoms with Crippen LogP contribution in [0.2, 0.25) is 0 Å².